The van der Waals surface area contributed by atoms with Gasteiger partial charge < -0.3 is 4.42 Å². The lowest BCUT2D eigenvalue weighted by Gasteiger charge is -2.18. The fourth-order valence-corrected chi connectivity index (χ4v) is 4.90. The van der Waals surface area contributed by atoms with Crippen molar-refractivity contribution in [2.24, 2.45) is 0 Å². The third-order valence-corrected chi connectivity index (χ3v) is 6.50. The summed E-state index contributed by atoms with van der Waals surface area (Å²) in [5.74, 6) is 0. The van der Waals surface area contributed by atoms with Gasteiger partial charge in [0.1, 0.15) is 11.2 Å². The molecule has 0 N–H and O–H groups in total. The van der Waals surface area contributed by atoms with E-state index in [1.165, 1.54) is 24.3 Å². The van der Waals surface area contributed by atoms with Crippen LogP contribution in [0.25, 0.3) is 76.9 Å². The Labute approximate surface area is 254 Å². The highest BCUT2D eigenvalue weighted by Gasteiger charge is 2.17. The second-order valence-electron chi connectivity index (χ2n) is 8.59. The Balaban J connectivity index is 1.61. The lowest BCUT2D eigenvalue weighted by Crippen LogP contribution is -1.91. The average molecular weight is 517 g/mol. The molecule has 8 rings (SSSR count). The molecular formula is C38H24O. The number of hydrogen-bond donors (Lipinski definition) is 0. The minimum absolute atomic E-state index is 0.0366. The van der Waals surface area contributed by atoms with Gasteiger partial charge in [0.15, 0.2) is 0 Å². The molecular weight excluding hydrogens is 472 g/mol. The second kappa shape index (κ2) is 8.72. The van der Waals surface area contributed by atoms with Gasteiger partial charge in [0, 0.05) is 16.3 Å². The van der Waals surface area contributed by atoms with Crippen molar-refractivity contribution in [3.05, 3.63) is 145 Å². The number of fused-ring (bicyclic) bond motifs is 5. The molecule has 1 nitrogen and oxygen atoms in total. The molecule has 0 fully saturated rings. The van der Waals surface area contributed by atoms with Gasteiger partial charge in [-0.3, -0.25) is 0 Å². The van der Waals surface area contributed by atoms with Gasteiger partial charge in [0.05, 0.1) is 27.4 Å². The van der Waals surface area contributed by atoms with Crippen molar-refractivity contribution >= 4 is 43.5 Å². The predicted molar refractivity (Wildman–Crippen MR) is 165 cm³/mol. The summed E-state index contributed by atoms with van der Waals surface area (Å²) in [4.78, 5) is 0. The Morgan fingerprint density at radius 2 is 0.974 bits per heavy atom. The van der Waals surface area contributed by atoms with E-state index in [1.807, 2.05) is 0 Å². The summed E-state index contributed by atoms with van der Waals surface area (Å²) < 4.78 is 180. The molecule has 0 radical (unpaired) electrons. The van der Waals surface area contributed by atoms with Crippen LogP contribution in [0.3, 0.4) is 0 Å². The molecule has 0 aliphatic heterocycles. The summed E-state index contributed by atoms with van der Waals surface area (Å²) in [6.07, 6.45) is 0. The molecule has 0 saturated carbocycles. The van der Waals surface area contributed by atoms with Gasteiger partial charge in [-0.2, -0.15) is 0 Å². The fourth-order valence-electron chi connectivity index (χ4n) is 4.90. The van der Waals surface area contributed by atoms with Crippen molar-refractivity contribution in [1.29, 1.82) is 0 Å². The molecule has 182 valence electrons. The molecule has 8 aromatic rings. The number of hydrogen-bond acceptors (Lipinski definition) is 1. The van der Waals surface area contributed by atoms with Crippen LogP contribution in [0.15, 0.2) is 150 Å². The second-order valence-corrected chi connectivity index (χ2v) is 8.59. The topological polar surface area (TPSA) is 13.1 Å². The van der Waals surface area contributed by atoms with Gasteiger partial charge in [-0.25, -0.2) is 0 Å². The van der Waals surface area contributed by atoms with Gasteiger partial charge in [-0.1, -0.05) is 133 Å². The van der Waals surface area contributed by atoms with E-state index in [0.29, 0.717) is 0 Å². The van der Waals surface area contributed by atoms with Crippen molar-refractivity contribution in [2.75, 3.05) is 0 Å². The van der Waals surface area contributed by atoms with Gasteiger partial charge >= 0.3 is 0 Å². The number of benzene rings is 7. The van der Waals surface area contributed by atoms with E-state index in [9.17, 15) is 2.74 Å². The first-order valence-electron chi connectivity index (χ1n) is 21.7. The summed E-state index contributed by atoms with van der Waals surface area (Å²) in [6.45, 7) is 0. The lowest BCUT2D eigenvalue weighted by molar-refractivity contribution is 0.670. The van der Waals surface area contributed by atoms with Crippen LogP contribution in [0.4, 0.5) is 0 Å². The number of furan rings is 1. The number of para-hydroxylation sites is 2. The normalized spacial score (nSPS) is 18.8. The molecule has 0 atom stereocenters. The van der Waals surface area contributed by atoms with Crippen LogP contribution >= 0.6 is 0 Å². The van der Waals surface area contributed by atoms with Crippen LogP contribution in [0.2, 0.25) is 0 Å². The van der Waals surface area contributed by atoms with Gasteiger partial charge in [-0.15, -0.1) is 0 Å². The van der Waals surface area contributed by atoms with Crippen LogP contribution in [0.1, 0.15) is 27.4 Å². The predicted octanol–water partition coefficient (Wildman–Crippen LogP) is 10.9. The standard InChI is InChI=1S/C38H24O/c1-2-12-25(13-3-1)36-30-17-4-6-19-32(30)37(33-20-7-5-18-31(33)36)27-15-10-14-26(24-27)28-21-11-22-34-29-16-8-9-23-35(29)39-38(28)34/h1-24H/i1D,2D,3D,4D,5D,6D,7D,8D,9D,11D,12D,13D,16D,17D,18D,19D,20D,21D,22D,23D. The van der Waals surface area contributed by atoms with E-state index in [4.69, 9.17) is 29.1 Å². The minimum atomic E-state index is -0.802. The maximum Gasteiger partial charge on any atom is 0.143 e. The quantitative estimate of drug-likeness (QED) is 0.213. The smallest absolute Gasteiger partial charge is 0.143 e. The zero-order chi connectivity index (χ0) is 43.2. The van der Waals surface area contributed by atoms with Gasteiger partial charge in [-0.05, 0) is 61.5 Å². The lowest BCUT2D eigenvalue weighted by atomic mass is 9.85. The summed E-state index contributed by atoms with van der Waals surface area (Å²) in [5, 5.41) is -1.85. The molecule has 0 spiro atoms. The molecule has 0 aliphatic rings. The Hall–Kier alpha value is -5.14. The zero-order valence-corrected chi connectivity index (χ0v) is 19.7. The van der Waals surface area contributed by atoms with Crippen molar-refractivity contribution in [2.45, 2.75) is 0 Å². The van der Waals surface area contributed by atoms with Crippen LogP contribution in [-0.2, 0) is 0 Å². The maximum absolute atomic E-state index is 9.21. The fraction of sp³-hybridized carbons (Fsp3) is 0. The Bertz CT molecular complexity index is 3170. The van der Waals surface area contributed by atoms with E-state index in [-0.39, 0.29) is 55.0 Å². The van der Waals surface area contributed by atoms with E-state index in [0.717, 1.165) is 0 Å². The molecule has 0 amide bonds. The van der Waals surface area contributed by atoms with Crippen LogP contribution in [0, 0.1) is 0 Å². The van der Waals surface area contributed by atoms with Crippen molar-refractivity contribution < 1.29 is 31.8 Å². The van der Waals surface area contributed by atoms with E-state index in [2.05, 4.69) is 0 Å². The summed E-state index contributed by atoms with van der Waals surface area (Å²) in [6, 6.07) is -8.17. The van der Waals surface area contributed by atoms with Crippen LogP contribution < -0.4 is 0 Å². The van der Waals surface area contributed by atoms with Crippen molar-refractivity contribution in [1.82, 2.24) is 0 Å². The largest absolute Gasteiger partial charge is 0.455 e. The molecule has 1 aromatic heterocycles. The molecule has 1 heterocycles. The Morgan fingerprint density at radius 1 is 0.436 bits per heavy atom. The molecule has 7 aromatic carbocycles. The monoisotopic (exact) mass is 516 g/mol. The van der Waals surface area contributed by atoms with Crippen molar-refractivity contribution in [3.63, 3.8) is 0 Å². The molecule has 0 aliphatic carbocycles. The highest BCUT2D eigenvalue weighted by Crippen LogP contribution is 2.44. The Morgan fingerprint density at radius 3 is 1.67 bits per heavy atom. The first-order valence-corrected chi connectivity index (χ1v) is 11.7. The third kappa shape index (κ3) is 3.41. The minimum Gasteiger partial charge on any atom is -0.455 e. The molecule has 0 bridgehead atoms. The summed E-state index contributed by atoms with van der Waals surface area (Å²) >= 11 is 0. The number of rotatable bonds is 3. The molecule has 0 unspecified atom stereocenters. The summed E-state index contributed by atoms with van der Waals surface area (Å²) in [7, 11) is 0. The van der Waals surface area contributed by atoms with E-state index < -0.39 is 143 Å². The SMILES string of the molecule is [2H]c1c([2H])c([2H])c(-c2c3c([2H])c([2H])c([2H])c([2H])c3c(-c3cccc(-c4c([2H])c([2H])c([2H])c5c4oc4c([2H])c([2H])c([2H])c([2H])c45)c3)c3c([2H])c([2H])c([2H])c([2H])c23)c([2H])c1[2H]. The van der Waals surface area contributed by atoms with Gasteiger partial charge in [0.2, 0.25) is 0 Å². The van der Waals surface area contributed by atoms with Crippen LogP contribution in [0.5, 0.6) is 0 Å². The van der Waals surface area contributed by atoms with E-state index in [1.54, 1.807) is 0 Å². The average Bonchev–Trinajstić information content (AvgIpc) is 3.62. The maximum atomic E-state index is 9.21. The third-order valence-electron chi connectivity index (χ3n) is 6.50. The first kappa shape index (κ1) is 9.87. The van der Waals surface area contributed by atoms with Crippen LogP contribution in [-0.4, -0.2) is 0 Å². The van der Waals surface area contributed by atoms with Crippen molar-refractivity contribution in [3.8, 4) is 33.4 Å². The van der Waals surface area contributed by atoms with Gasteiger partial charge in [0.25, 0.3) is 0 Å². The highest BCUT2D eigenvalue weighted by atomic mass is 16.3. The Kier molecular flexibility index (Phi) is 2.21. The first-order chi connectivity index (χ1) is 27.7. The van der Waals surface area contributed by atoms with E-state index >= 15 is 0 Å². The molecule has 39 heavy (non-hydrogen) atoms. The molecule has 1 heteroatoms. The zero-order valence-electron chi connectivity index (χ0n) is 39.7. The summed E-state index contributed by atoms with van der Waals surface area (Å²) in [5.41, 5.74) is -1.77. The molecule has 0 saturated heterocycles. The highest BCUT2D eigenvalue weighted by molar-refractivity contribution is 6.21.